The van der Waals surface area contributed by atoms with Gasteiger partial charge in [-0.3, -0.25) is 20.2 Å². The van der Waals surface area contributed by atoms with Gasteiger partial charge in [0.2, 0.25) is 0 Å². The number of nitro groups is 2. The fraction of sp³-hybridized carbons (Fsp3) is 0.250. The molecule has 128 valence electrons. The van der Waals surface area contributed by atoms with Crippen LogP contribution in [0.4, 0.5) is 37.2 Å². The van der Waals surface area contributed by atoms with Gasteiger partial charge in [-0.25, -0.2) is 0 Å². The topological polar surface area (TPSA) is 120 Å². The Morgan fingerprint density at radius 1 is 0.913 bits per heavy atom. The molecule has 0 spiro atoms. The second-order valence-corrected chi connectivity index (χ2v) is 5.15. The second kappa shape index (κ2) is 5.32. The number of nitrogens with zero attached hydrogens (tertiary/aromatic N) is 2. The summed E-state index contributed by atoms with van der Waals surface area (Å²) in [6.07, 6.45) is -6.29. The third-order valence-corrected chi connectivity index (χ3v) is 3.31. The molecule has 15 heteroatoms. The van der Waals surface area contributed by atoms with Crippen molar-refractivity contribution in [2.75, 3.05) is 0 Å². The number of nitro benzene ring substituents is 2. The van der Waals surface area contributed by atoms with E-state index < -0.39 is 66.1 Å². The van der Waals surface area contributed by atoms with Crippen LogP contribution in [0.2, 0.25) is 0 Å². The summed E-state index contributed by atoms with van der Waals surface area (Å²) in [7, 11) is -6.16. The Labute approximate surface area is 121 Å². The third kappa shape index (κ3) is 3.33. The summed E-state index contributed by atoms with van der Waals surface area (Å²) in [4.78, 5) is 15.3. The van der Waals surface area contributed by atoms with Crippen molar-refractivity contribution in [1.82, 2.24) is 0 Å². The van der Waals surface area contributed by atoms with E-state index in [1.165, 1.54) is 0 Å². The summed E-state index contributed by atoms with van der Waals surface area (Å²) in [5.41, 5.74) is -6.53. The quantitative estimate of drug-likeness (QED) is 0.349. The molecule has 23 heavy (non-hydrogen) atoms. The molecule has 0 saturated carbocycles. The highest BCUT2D eigenvalue weighted by molar-refractivity contribution is 7.86. The van der Waals surface area contributed by atoms with Gasteiger partial charge in [0, 0.05) is 17.7 Å². The molecule has 0 radical (unpaired) electrons. The van der Waals surface area contributed by atoms with Gasteiger partial charge in [-0.15, -0.1) is 0 Å². The van der Waals surface area contributed by atoms with E-state index >= 15 is 0 Å². The summed E-state index contributed by atoms with van der Waals surface area (Å²) >= 11 is 0. The predicted molar refractivity (Wildman–Crippen MR) is 58.0 cm³/mol. The number of hydrogen-bond donors (Lipinski definition) is 0. The minimum absolute atomic E-state index is 0.590. The summed E-state index contributed by atoms with van der Waals surface area (Å²) in [6.45, 7) is 0. The lowest BCUT2D eigenvalue weighted by Gasteiger charge is -2.19. The van der Waals surface area contributed by atoms with Gasteiger partial charge in [0.25, 0.3) is 16.3 Å². The molecule has 0 amide bonds. The van der Waals surface area contributed by atoms with Crippen LogP contribution in [0.1, 0.15) is 5.56 Å². The van der Waals surface area contributed by atoms with Crippen molar-refractivity contribution < 1.29 is 44.1 Å². The molecule has 1 aromatic rings. The number of alkyl halides is 5. The Hall–Kier alpha value is -2.45. The lowest BCUT2D eigenvalue weighted by Crippen LogP contribution is -2.33. The van der Waals surface area contributed by atoms with Crippen LogP contribution < -0.4 is 0 Å². The average Bonchev–Trinajstić information content (AvgIpc) is 2.34. The number of rotatable bonds is 4. The number of hydrogen-bond acceptors (Lipinski definition) is 6. The van der Waals surface area contributed by atoms with Crippen LogP contribution in [-0.2, 0) is 16.1 Å². The summed E-state index contributed by atoms with van der Waals surface area (Å²) in [5, 5.41) is 21.2. The molecule has 1 rings (SSSR count). The molecule has 0 fully saturated rings. The maximum Gasteiger partial charge on any atom is 0.458 e. The monoisotopic (exact) mass is 368 g/mol. The molecule has 0 bridgehead atoms. The zero-order valence-corrected chi connectivity index (χ0v) is 11.0. The van der Waals surface area contributed by atoms with Gasteiger partial charge in [-0.05, 0) is 0 Å². The van der Waals surface area contributed by atoms with Gasteiger partial charge in [0.05, 0.1) is 9.85 Å². The highest BCUT2D eigenvalue weighted by atomic mass is 32.3. The molecule has 0 unspecified atom stereocenters. The van der Waals surface area contributed by atoms with Crippen LogP contribution in [-0.4, -0.2) is 24.4 Å². The lowest BCUT2D eigenvalue weighted by atomic mass is 10.1. The Kier molecular flexibility index (Phi) is 4.30. The van der Waals surface area contributed by atoms with Crippen LogP contribution in [0.3, 0.4) is 0 Å². The minimum Gasteiger partial charge on any atom is -0.258 e. The van der Waals surface area contributed by atoms with E-state index in [1.807, 2.05) is 0 Å². The molecular weight excluding hydrogens is 366 g/mol. The molecule has 0 aliphatic carbocycles. The second-order valence-electron chi connectivity index (χ2n) is 3.87. The van der Waals surface area contributed by atoms with Crippen molar-refractivity contribution in [2.24, 2.45) is 0 Å². The third-order valence-electron chi connectivity index (χ3n) is 2.41. The van der Waals surface area contributed by atoms with E-state index in [0.717, 1.165) is 0 Å². The molecule has 0 aliphatic rings. The SMILES string of the molecule is O=[N+]([O-])c1cc(C(F)(F)C(F)(F)F)cc([N+](=O)[O-])c1S(=O)(=O)F. The summed E-state index contributed by atoms with van der Waals surface area (Å²) in [6, 6.07) is -1.18. The molecule has 0 aromatic heterocycles. The Morgan fingerprint density at radius 2 is 1.26 bits per heavy atom. The Morgan fingerprint density at radius 3 is 1.48 bits per heavy atom. The van der Waals surface area contributed by atoms with Crippen LogP contribution >= 0.6 is 0 Å². The van der Waals surface area contributed by atoms with Crippen LogP contribution in [0.25, 0.3) is 0 Å². The van der Waals surface area contributed by atoms with Crippen molar-refractivity contribution in [3.8, 4) is 0 Å². The smallest absolute Gasteiger partial charge is 0.258 e. The van der Waals surface area contributed by atoms with Crippen LogP contribution in [0, 0.1) is 20.2 Å². The van der Waals surface area contributed by atoms with Gasteiger partial charge < -0.3 is 0 Å². The van der Waals surface area contributed by atoms with E-state index in [2.05, 4.69) is 0 Å². The summed E-state index contributed by atoms with van der Waals surface area (Å²) < 4.78 is 97.5. The standard InChI is InChI=1S/C8H2F6N2O6S/c9-7(10,8(11,12)13)3-1-4(15(17)18)6(23(14,21)22)5(2-3)16(19)20/h1-2H. The molecule has 0 N–H and O–H groups in total. The fourth-order valence-electron chi connectivity index (χ4n) is 1.46. The first kappa shape index (κ1) is 18.6. The van der Waals surface area contributed by atoms with Gasteiger partial charge >= 0.3 is 22.3 Å². The minimum atomic E-state index is -6.29. The molecular formula is C8H2F6N2O6S. The molecule has 0 aliphatic heterocycles. The summed E-state index contributed by atoms with van der Waals surface area (Å²) in [5.74, 6) is -5.78. The Bertz CT molecular complexity index is 754. The van der Waals surface area contributed by atoms with Gasteiger partial charge in [0.1, 0.15) is 0 Å². The van der Waals surface area contributed by atoms with Crippen LogP contribution in [0.15, 0.2) is 17.0 Å². The van der Waals surface area contributed by atoms with Crippen molar-refractivity contribution in [1.29, 1.82) is 0 Å². The van der Waals surface area contributed by atoms with E-state index in [1.54, 1.807) is 0 Å². The largest absolute Gasteiger partial charge is 0.458 e. The van der Waals surface area contributed by atoms with E-state index in [0.29, 0.717) is 0 Å². The van der Waals surface area contributed by atoms with E-state index in [4.69, 9.17) is 0 Å². The van der Waals surface area contributed by atoms with Crippen molar-refractivity contribution >= 4 is 21.6 Å². The maximum atomic E-state index is 13.2. The molecule has 1 aromatic carbocycles. The Balaban J connectivity index is 3.97. The zero-order valence-electron chi connectivity index (χ0n) is 10.2. The first-order valence-electron chi connectivity index (χ1n) is 4.97. The van der Waals surface area contributed by atoms with Gasteiger partial charge in [-0.1, -0.05) is 3.89 Å². The zero-order chi connectivity index (χ0) is 18.4. The first-order valence-corrected chi connectivity index (χ1v) is 6.35. The number of benzene rings is 1. The van der Waals surface area contributed by atoms with Gasteiger partial charge in [0.15, 0.2) is 0 Å². The molecule has 0 heterocycles. The number of halogens is 6. The molecule has 0 saturated heterocycles. The highest BCUT2D eigenvalue weighted by Crippen LogP contribution is 2.47. The predicted octanol–water partition coefficient (Wildman–Crippen LogP) is 2.82. The van der Waals surface area contributed by atoms with E-state index in [9.17, 15) is 54.5 Å². The average molecular weight is 368 g/mol. The van der Waals surface area contributed by atoms with Crippen LogP contribution in [0.5, 0.6) is 0 Å². The highest BCUT2D eigenvalue weighted by Gasteiger charge is 2.60. The van der Waals surface area contributed by atoms with Crippen molar-refractivity contribution in [3.05, 3.63) is 37.9 Å². The first-order chi connectivity index (χ1) is 10.1. The normalized spacial score (nSPS) is 13.0. The van der Waals surface area contributed by atoms with Gasteiger partial charge in [-0.2, -0.15) is 30.4 Å². The van der Waals surface area contributed by atoms with Crippen molar-refractivity contribution in [3.63, 3.8) is 0 Å². The molecule has 8 nitrogen and oxygen atoms in total. The van der Waals surface area contributed by atoms with E-state index in [-0.39, 0.29) is 0 Å². The maximum absolute atomic E-state index is 13.2. The van der Waals surface area contributed by atoms with Crippen molar-refractivity contribution in [2.45, 2.75) is 17.0 Å². The molecule has 0 atom stereocenters. The fourth-order valence-corrected chi connectivity index (χ4v) is 2.23. The lowest BCUT2D eigenvalue weighted by molar-refractivity contribution is -0.400.